The van der Waals surface area contributed by atoms with E-state index in [9.17, 15) is 19.1 Å². The zero-order valence-electron chi connectivity index (χ0n) is 19.3. The van der Waals surface area contributed by atoms with Crippen molar-refractivity contribution in [2.24, 2.45) is 0 Å². The molecule has 4 aliphatic rings. The molecular weight excluding hydrogens is 512 g/mol. The first-order valence-electron chi connectivity index (χ1n) is 11.8. The molecule has 8 nitrogen and oxygen atoms in total. The van der Waals surface area contributed by atoms with E-state index in [1.165, 1.54) is 12.1 Å². The molecule has 3 saturated carbocycles. The Morgan fingerprint density at radius 3 is 2.64 bits per heavy atom. The maximum Gasteiger partial charge on any atom is 0.263 e. The molecule has 0 unspecified atom stereocenters. The summed E-state index contributed by atoms with van der Waals surface area (Å²) in [5.74, 6) is -0.560. The third-order valence-corrected chi connectivity index (χ3v) is 7.88. The van der Waals surface area contributed by atoms with Crippen LogP contribution in [0.3, 0.4) is 0 Å². The Hall–Kier alpha value is -2.75. The number of carbonyl (C=O) groups excluding carboxylic acids is 2. The van der Waals surface area contributed by atoms with Gasteiger partial charge in [-0.3, -0.25) is 9.59 Å². The van der Waals surface area contributed by atoms with Gasteiger partial charge in [0.1, 0.15) is 17.3 Å². The number of fused-ring (bicyclic) bond motifs is 4. The summed E-state index contributed by atoms with van der Waals surface area (Å²) >= 11 is 11.7. The zero-order chi connectivity index (χ0) is 25.5. The summed E-state index contributed by atoms with van der Waals surface area (Å²) in [6.07, 6.45) is 0.965. The summed E-state index contributed by atoms with van der Waals surface area (Å²) in [6.45, 7) is -0.0224. The molecule has 0 saturated heterocycles. The number of hydrogen-bond acceptors (Lipinski definition) is 6. The van der Waals surface area contributed by atoms with Gasteiger partial charge in [-0.25, -0.2) is 4.39 Å². The number of amides is 2. The Kier molecular flexibility index (Phi) is 6.65. The highest BCUT2D eigenvalue weighted by atomic mass is 35.5. The van der Waals surface area contributed by atoms with E-state index in [4.69, 9.17) is 32.7 Å². The molecule has 192 valence electrons. The van der Waals surface area contributed by atoms with E-state index < -0.39 is 35.0 Å². The Morgan fingerprint density at radius 1 is 1.14 bits per heavy atom. The molecule has 0 spiro atoms. The van der Waals surface area contributed by atoms with Gasteiger partial charge in [0.05, 0.1) is 28.9 Å². The molecule has 4 N–H and O–H groups in total. The maximum atomic E-state index is 13.6. The molecule has 2 atom stereocenters. The van der Waals surface area contributed by atoms with E-state index in [1.807, 2.05) is 0 Å². The molecule has 2 aromatic carbocycles. The number of anilines is 1. The lowest BCUT2D eigenvalue weighted by molar-refractivity contribution is -0.139. The average Bonchev–Trinajstić information content (AvgIpc) is 2.85. The minimum absolute atomic E-state index is 0.0326. The molecule has 2 amide bonds. The number of carbonyl (C=O) groups is 2. The van der Waals surface area contributed by atoms with E-state index in [0.717, 1.165) is 11.8 Å². The summed E-state index contributed by atoms with van der Waals surface area (Å²) in [5.41, 5.74) is -0.621. The Morgan fingerprint density at radius 2 is 1.92 bits per heavy atom. The van der Waals surface area contributed by atoms with Gasteiger partial charge in [-0.1, -0.05) is 23.2 Å². The van der Waals surface area contributed by atoms with Crippen molar-refractivity contribution < 1.29 is 28.6 Å². The molecule has 1 heterocycles. The van der Waals surface area contributed by atoms with Crippen molar-refractivity contribution in [1.29, 1.82) is 0 Å². The van der Waals surface area contributed by atoms with Crippen LogP contribution in [0, 0.1) is 5.82 Å². The summed E-state index contributed by atoms with van der Waals surface area (Å²) in [5, 5.41) is 20.7. The molecule has 2 bridgehead atoms. The standard InChI is InChI=1S/C25H26Cl2FN3O5/c26-14-1-4-19-18(9-14)29-12-20(36-19)23(34)31-24-5-7-25(8-6-24,21(32)11-24)30-22(33)13-35-15-2-3-16(27)17(28)10-15/h1-4,9-10,20-21,29,32H,5-8,11-13H2,(H,30,33)(H,31,34)/t20-,21+,24?,25?/m0/s1. The van der Waals surface area contributed by atoms with Crippen LogP contribution in [0.2, 0.25) is 10.0 Å². The van der Waals surface area contributed by atoms with Gasteiger partial charge < -0.3 is 30.5 Å². The molecule has 1 aliphatic heterocycles. The Bertz CT molecular complexity index is 1190. The van der Waals surface area contributed by atoms with Crippen molar-refractivity contribution in [3.63, 3.8) is 0 Å². The molecule has 6 rings (SSSR count). The minimum atomic E-state index is -0.842. The fourth-order valence-electron chi connectivity index (χ4n) is 5.32. The topological polar surface area (TPSA) is 109 Å². The number of halogens is 3. The fourth-order valence-corrected chi connectivity index (χ4v) is 5.61. The van der Waals surface area contributed by atoms with Gasteiger partial charge in [0.15, 0.2) is 12.7 Å². The fraction of sp³-hybridized carbons (Fsp3) is 0.440. The molecule has 36 heavy (non-hydrogen) atoms. The summed E-state index contributed by atoms with van der Waals surface area (Å²) in [7, 11) is 0. The van der Waals surface area contributed by atoms with Crippen molar-refractivity contribution >= 4 is 40.7 Å². The lowest BCUT2D eigenvalue weighted by Crippen LogP contribution is -2.71. The number of ether oxygens (including phenoxy) is 2. The largest absolute Gasteiger partial charge is 0.484 e. The van der Waals surface area contributed by atoms with Gasteiger partial charge in [-0.15, -0.1) is 0 Å². The Labute approximate surface area is 217 Å². The van der Waals surface area contributed by atoms with Crippen molar-refractivity contribution in [1.82, 2.24) is 10.6 Å². The van der Waals surface area contributed by atoms with Crippen LogP contribution in [0.15, 0.2) is 36.4 Å². The Balaban J connectivity index is 1.16. The van der Waals surface area contributed by atoms with E-state index in [1.54, 1.807) is 18.2 Å². The quantitative estimate of drug-likeness (QED) is 0.449. The van der Waals surface area contributed by atoms with Crippen molar-refractivity contribution in [2.75, 3.05) is 18.5 Å². The van der Waals surface area contributed by atoms with Crippen LogP contribution in [-0.4, -0.2) is 53.4 Å². The molecular formula is C25H26Cl2FN3O5. The number of nitrogens with one attached hydrogen (secondary N) is 3. The summed E-state index contributed by atoms with van der Waals surface area (Å²) < 4.78 is 24.8. The second-order valence-corrected chi connectivity index (χ2v) is 10.5. The van der Waals surface area contributed by atoms with Gasteiger partial charge in [0.2, 0.25) is 0 Å². The molecule has 3 aliphatic carbocycles. The van der Waals surface area contributed by atoms with Crippen LogP contribution in [0.25, 0.3) is 0 Å². The number of hydrogen-bond donors (Lipinski definition) is 4. The van der Waals surface area contributed by atoms with Crippen LogP contribution in [0.1, 0.15) is 32.1 Å². The van der Waals surface area contributed by atoms with Gasteiger partial charge in [0.25, 0.3) is 11.8 Å². The third-order valence-electron chi connectivity index (χ3n) is 7.34. The number of aliphatic hydroxyl groups is 1. The third kappa shape index (κ3) is 4.92. The van der Waals surface area contributed by atoms with E-state index >= 15 is 0 Å². The SMILES string of the molecule is O=C(COc1ccc(Cl)c(F)c1)NC12CCC(NC(=O)[C@@H]3CNc4cc(Cl)ccc4O3)(CC1)C[C@H]2O. The smallest absolute Gasteiger partial charge is 0.263 e. The summed E-state index contributed by atoms with van der Waals surface area (Å²) in [4.78, 5) is 25.6. The highest BCUT2D eigenvalue weighted by Crippen LogP contribution is 2.47. The maximum absolute atomic E-state index is 13.6. The zero-order valence-corrected chi connectivity index (χ0v) is 20.8. The van der Waals surface area contributed by atoms with E-state index in [-0.39, 0.29) is 23.3 Å². The van der Waals surface area contributed by atoms with Crippen molar-refractivity contribution in [3.05, 3.63) is 52.3 Å². The number of aliphatic hydroxyl groups excluding tert-OH is 1. The molecule has 0 aromatic heterocycles. The van der Waals surface area contributed by atoms with Crippen LogP contribution in [0.4, 0.5) is 10.1 Å². The highest BCUT2D eigenvalue weighted by Gasteiger charge is 2.55. The monoisotopic (exact) mass is 537 g/mol. The van der Waals surface area contributed by atoms with Crippen LogP contribution < -0.4 is 25.4 Å². The predicted octanol–water partition coefficient (Wildman–Crippen LogP) is 3.43. The number of benzene rings is 2. The van der Waals surface area contributed by atoms with Gasteiger partial charge in [0, 0.05) is 16.6 Å². The van der Waals surface area contributed by atoms with Crippen LogP contribution >= 0.6 is 23.2 Å². The lowest BCUT2D eigenvalue weighted by Gasteiger charge is -2.56. The molecule has 3 fully saturated rings. The van der Waals surface area contributed by atoms with Crippen molar-refractivity contribution in [3.8, 4) is 11.5 Å². The predicted molar refractivity (Wildman–Crippen MR) is 132 cm³/mol. The average molecular weight is 538 g/mol. The number of rotatable bonds is 6. The van der Waals surface area contributed by atoms with Gasteiger partial charge in [-0.2, -0.15) is 0 Å². The van der Waals surface area contributed by atoms with Crippen LogP contribution in [0.5, 0.6) is 11.5 Å². The molecule has 0 radical (unpaired) electrons. The first-order valence-corrected chi connectivity index (χ1v) is 12.5. The molecule has 11 heteroatoms. The van der Waals surface area contributed by atoms with E-state index in [2.05, 4.69) is 16.0 Å². The normalized spacial score (nSPS) is 28.3. The first-order chi connectivity index (χ1) is 17.2. The minimum Gasteiger partial charge on any atom is -0.484 e. The van der Waals surface area contributed by atoms with Crippen LogP contribution in [-0.2, 0) is 9.59 Å². The highest BCUT2D eigenvalue weighted by molar-refractivity contribution is 6.31. The second-order valence-electron chi connectivity index (χ2n) is 9.69. The first kappa shape index (κ1) is 24.9. The van der Waals surface area contributed by atoms with E-state index in [0.29, 0.717) is 49.4 Å². The molecule has 2 aromatic rings. The second kappa shape index (κ2) is 9.61. The summed E-state index contributed by atoms with van der Waals surface area (Å²) in [6, 6.07) is 9.11. The lowest BCUT2D eigenvalue weighted by atomic mass is 9.60. The van der Waals surface area contributed by atoms with Gasteiger partial charge >= 0.3 is 0 Å². The van der Waals surface area contributed by atoms with Gasteiger partial charge in [-0.05, 0) is 62.4 Å². The van der Waals surface area contributed by atoms with Crippen molar-refractivity contribution in [2.45, 2.75) is 55.4 Å².